The Kier molecular flexibility index (Phi) is 5.94. The van der Waals surface area contributed by atoms with Crippen molar-refractivity contribution in [3.63, 3.8) is 0 Å². The summed E-state index contributed by atoms with van der Waals surface area (Å²) in [7, 11) is 0. The molecule has 0 bridgehead atoms. The highest BCUT2D eigenvalue weighted by Gasteiger charge is 2.20. The Bertz CT molecular complexity index is 1260. The lowest BCUT2D eigenvalue weighted by atomic mass is 10.1. The zero-order valence-electron chi connectivity index (χ0n) is 17.4. The van der Waals surface area contributed by atoms with Crippen molar-refractivity contribution in [3.8, 4) is 6.07 Å². The number of benzene rings is 1. The molecule has 0 unspecified atom stereocenters. The van der Waals surface area contributed by atoms with Crippen LogP contribution in [0.5, 0.6) is 0 Å². The molecule has 3 aromatic rings. The molecule has 1 amide bonds. The summed E-state index contributed by atoms with van der Waals surface area (Å²) in [5.74, 6) is -0.147. The van der Waals surface area contributed by atoms with Crippen LogP contribution in [0.3, 0.4) is 0 Å². The van der Waals surface area contributed by atoms with Gasteiger partial charge in [-0.05, 0) is 56.5 Å². The fraction of sp³-hybridized carbons (Fsp3) is 0.227. The van der Waals surface area contributed by atoms with E-state index in [1.807, 2.05) is 38.1 Å². The number of carbonyl (C=O) groups excluding carboxylic acids is 1. The van der Waals surface area contributed by atoms with Gasteiger partial charge < -0.3 is 0 Å². The number of thiazole rings is 1. The highest BCUT2D eigenvalue weighted by Crippen LogP contribution is 2.32. The summed E-state index contributed by atoms with van der Waals surface area (Å²) in [6.07, 6.45) is 1.45. The molecule has 8 heteroatoms. The quantitative estimate of drug-likeness (QED) is 0.598. The van der Waals surface area contributed by atoms with E-state index in [9.17, 15) is 14.9 Å². The topological polar surface area (TPSA) is 91.3 Å². The number of anilines is 2. The minimum atomic E-state index is -0.470. The van der Waals surface area contributed by atoms with Gasteiger partial charge in [-0.3, -0.25) is 14.5 Å². The van der Waals surface area contributed by atoms with Crippen LogP contribution >= 0.6 is 11.3 Å². The molecule has 1 aromatic carbocycles. The highest BCUT2D eigenvalue weighted by atomic mass is 32.1. The zero-order chi connectivity index (χ0) is 22.0. The number of hydrogen-bond acceptors (Lipinski definition) is 6. The van der Waals surface area contributed by atoms with Crippen LogP contribution < -0.4 is 10.5 Å². The van der Waals surface area contributed by atoms with E-state index in [4.69, 9.17) is 0 Å². The second kappa shape index (κ2) is 8.43. The molecule has 30 heavy (non-hydrogen) atoms. The predicted octanol–water partition coefficient (Wildman–Crippen LogP) is 3.98. The van der Waals surface area contributed by atoms with E-state index >= 15 is 0 Å². The largest absolute Gasteiger partial charge is 0.289 e. The van der Waals surface area contributed by atoms with Gasteiger partial charge in [-0.1, -0.05) is 12.1 Å². The van der Waals surface area contributed by atoms with Crippen LogP contribution in [-0.4, -0.2) is 21.8 Å². The second-order valence-electron chi connectivity index (χ2n) is 6.95. The molecule has 0 atom stereocenters. The van der Waals surface area contributed by atoms with E-state index in [-0.39, 0.29) is 11.5 Å². The molecule has 0 saturated carbocycles. The number of rotatable bonds is 4. The first kappa shape index (κ1) is 21.1. The Morgan fingerprint density at radius 1 is 1.27 bits per heavy atom. The van der Waals surface area contributed by atoms with Gasteiger partial charge in [0.15, 0.2) is 5.13 Å². The number of nitriles is 1. The number of aryl methyl sites for hydroxylation is 3. The summed E-state index contributed by atoms with van der Waals surface area (Å²) in [5, 5.41) is 15.7. The van der Waals surface area contributed by atoms with Crippen LogP contribution in [0.2, 0.25) is 0 Å². The molecule has 0 aliphatic carbocycles. The molecule has 0 aliphatic rings. The summed E-state index contributed by atoms with van der Waals surface area (Å²) in [6.45, 7) is 8.93. The molecule has 2 heterocycles. The molecule has 0 spiro atoms. The summed E-state index contributed by atoms with van der Waals surface area (Å²) >= 11 is 1.31. The van der Waals surface area contributed by atoms with Gasteiger partial charge in [0.05, 0.1) is 17.6 Å². The summed E-state index contributed by atoms with van der Waals surface area (Å²) in [4.78, 5) is 30.9. The van der Waals surface area contributed by atoms with Crippen LogP contribution in [0.4, 0.5) is 10.8 Å². The zero-order valence-corrected chi connectivity index (χ0v) is 18.2. The van der Waals surface area contributed by atoms with Crippen molar-refractivity contribution in [1.82, 2.24) is 9.66 Å². The lowest BCUT2D eigenvalue weighted by molar-refractivity contribution is -0.115. The van der Waals surface area contributed by atoms with E-state index in [0.29, 0.717) is 22.1 Å². The van der Waals surface area contributed by atoms with E-state index in [2.05, 4.69) is 10.1 Å². The predicted molar refractivity (Wildman–Crippen MR) is 119 cm³/mol. The van der Waals surface area contributed by atoms with Crippen LogP contribution in [0.25, 0.3) is 0 Å². The number of hydrogen-bond donors (Lipinski definition) is 0. The van der Waals surface area contributed by atoms with E-state index in [1.54, 1.807) is 30.2 Å². The van der Waals surface area contributed by atoms with Gasteiger partial charge in [-0.15, -0.1) is 11.3 Å². The molecule has 7 nitrogen and oxygen atoms in total. The summed E-state index contributed by atoms with van der Waals surface area (Å²) in [6, 6.07) is 9.45. The molecule has 2 aromatic heterocycles. The number of pyridine rings is 1. The van der Waals surface area contributed by atoms with Gasteiger partial charge in [0.1, 0.15) is 11.6 Å². The Balaban J connectivity index is 1.99. The summed E-state index contributed by atoms with van der Waals surface area (Å²) < 4.78 is 1.18. The number of amides is 1. The lowest BCUT2D eigenvalue weighted by Gasteiger charge is -2.21. The molecule has 3 rings (SSSR count). The highest BCUT2D eigenvalue weighted by molar-refractivity contribution is 7.14. The van der Waals surface area contributed by atoms with Gasteiger partial charge in [-0.2, -0.15) is 10.4 Å². The maximum absolute atomic E-state index is 12.5. The molecule has 0 fully saturated rings. The third kappa shape index (κ3) is 3.93. The normalized spacial score (nSPS) is 10.9. The Morgan fingerprint density at radius 3 is 2.67 bits per heavy atom. The van der Waals surface area contributed by atoms with Crippen molar-refractivity contribution in [2.24, 2.45) is 5.10 Å². The Labute approximate surface area is 178 Å². The van der Waals surface area contributed by atoms with E-state index in [0.717, 1.165) is 16.8 Å². The fourth-order valence-electron chi connectivity index (χ4n) is 3.10. The average Bonchev–Trinajstić information content (AvgIpc) is 3.13. The number of carbonyl (C=O) groups is 1. The molecular formula is C22H21N5O2S. The molecule has 0 radical (unpaired) electrons. The van der Waals surface area contributed by atoms with Gasteiger partial charge >= 0.3 is 0 Å². The van der Waals surface area contributed by atoms with Crippen LogP contribution in [0.15, 0.2) is 39.5 Å². The van der Waals surface area contributed by atoms with E-state index in [1.165, 1.54) is 29.2 Å². The first-order valence-corrected chi connectivity index (χ1v) is 10.1. The molecule has 0 saturated heterocycles. The van der Waals surface area contributed by atoms with Gasteiger partial charge in [-0.25, -0.2) is 9.66 Å². The smallest absolute Gasteiger partial charge is 0.274 e. The van der Waals surface area contributed by atoms with Gasteiger partial charge in [0, 0.05) is 18.0 Å². The molecular weight excluding hydrogens is 398 g/mol. The van der Waals surface area contributed by atoms with Crippen molar-refractivity contribution in [2.75, 3.05) is 4.90 Å². The van der Waals surface area contributed by atoms with Crippen molar-refractivity contribution in [3.05, 3.63) is 73.6 Å². The fourth-order valence-corrected chi connectivity index (χ4v) is 3.93. The van der Waals surface area contributed by atoms with Crippen molar-refractivity contribution < 1.29 is 4.79 Å². The minimum Gasteiger partial charge on any atom is -0.274 e. The SMILES string of the molecule is CC(=O)N(c1nc(/C=N\n2c(C)cc(C)c(C#N)c2=O)cs1)c1cccc(C)c1C. The number of nitrogens with zero attached hydrogens (tertiary/aromatic N) is 5. The lowest BCUT2D eigenvalue weighted by Crippen LogP contribution is -2.24. The second-order valence-corrected chi connectivity index (χ2v) is 7.78. The Morgan fingerprint density at radius 2 is 2.00 bits per heavy atom. The van der Waals surface area contributed by atoms with E-state index < -0.39 is 5.56 Å². The first-order chi connectivity index (χ1) is 14.2. The molecule has 152 valence electrons. The van der Waals surface area contributed by atoms with Crippen molar-refractivity contribution >= 4 is 34.3 Å². The summed E-state index contributed by atoms with van der Waals surface area (Å²) in [5.41, 5.74) is 4.21. The van der Waals surface area contributed by atoms with Crippen LogP contribution in [0.1, 0.15) is 40.6 Å². The van der Waals surface area contributed by atoms with Crippen molar-refractivity contribution in [1.29, 1.82) is 5.26 Å². The molecule has 0 N–H and O–H groups in total. The maximum Gasteiger partial charge on any atom is 0.289 e. The van der Waals surface area contributed by atoms with Gasteiger partial charge in [0.2, 0.25) is 5.91 Å². The standard InChI is InChI=1S/C22H21N5O2S/c1-13-7-6-8-20(16(13)4)26(17(5)28)22-25-18(12-30-22)11-24-27-15(3)9-14(2)19(10-23)21(27)29/h6-9,11-12H,1-5H3/b24-11-. The van der Waals surface area contributed by atoms with Crippen molar-refractivity contribution in [2.45, 2.75) is 34.6 Å². The third-order valence-electron chi connectivity index (χ3n) is 4.81. The van der Waals surface area contributed by atoms with Crippen LogP contribution in [0, 0.1) is 39.0 Å². The van der Waals surface area contributed by atoms with Gasteiger partial charge in [0.25, 0.3) is 5.56 Å². The molecule has 0 aliphatic heterocycles. The average molecular weight is 420 g/mol. The van der Waals surface area contributed by atoms with Crippen LogP contribution in [-0.2, 0) is 4.79 Å². The number of aromatic nitrogens is 2. The first-order valence-electron chi connectivity index (χ1n) is 9.24. The third-order valence-corrected chi connectivity index (χ3v) is 5.65. The minimum absolute atomic E-state index is 0.0643. The Hall–Kier alpha value is -3.57. The monoisotopic (exact) mass is 419 g/mol. The maximum atomic E-state index is 12.5.